The molecule has 26 heavy (non-hydrogen) atoms. The molecule has 0 saturated heterocycles. The fraction of sp³-hybridized carbons (Fsp3) is 0.278. The Kier molecular flexibility index (Phi) is 6.32. The Morgan fingerprint density at radius 3 is 2.35 bits per heavy atom. The number of rotatable bonds is 8. The van der Waals surface area contributed by atoms with Crippen molar-refractivity contribution in [2.45, 2.75) is 26.1 Å². The minimum atomic E-state index is -4.94. The number of para-hydroxylation sites is 1. The lowest BCUT2D eigenvalue weighted by Gasteiger charge is -2.19. The summed E-state index contributed by atoms with van der Waals surface area (Å²) in [6, 6.07) is 10.2. The summed E-state index contributed by atoms with van der Waals surface area (Å²) in [5.74, 6) is -1.77. The molecule has 0 radical (unpaired) electrons. The second-order valence-corrected chi connectivity index (χ2v) is 5.30. The monoisotopic (exact) mass is 369 g/mol. The van der Waals surface area contributed by atoms with Crippen molar-refractivity contribution in [1.82, 2.24) is 0 Å². The summed E-state index contributed by atoms with van der Waals surface area (Å²) in [6.07, 6.45) is -3.52. The molecule has 140 valence electrons. The molecule has 8 heteroatoms. The Morgan fingerprint density at radius 1 is 1.08 bits per heavy atom. The number of unbranched alkanes of at least 4 members (excludes halogenated alkanes) is 1. The molecule has 0 heterocycles. The number of ether oxygens (including phenoxy) is 3. The number of carbonyl (C=O) groups is 1. The highest BCUT2D eigenvalue weighted by Crippen LogP contribution is 2.44. The van der Waals surface area contributed by atoms with Gasteiger partial charge in [0.2, 0.25) is 5.75 Å². The van der Waals surface area contributed by atoms with Crippen molar-refractivity contribution >= 4 is 5.91 Å². The molecule has 0 aliphatic rings. The summed E-state index contributed by atoms with van der Waals surface area (Å²) in [4.78, 5) is 11.7. The summed E-state index contributed by atoms with van der Waals surface area (Å²) in [6.45, 7) is 2.10. The molecule has 0 unspecified atom stereocenters. The van der Waals surface area contributed by atoms with E-state index in [2.05, 4.69) is 4.74 Å². The van der Waals surface area contributed by atoms with E-state index >= 15 is 0 Å². The van der Waals surface area contributed by atoms with Crippen LogP contribution in [0.3, 0.4) is 0 Å². The number of hydrogen-bond acceptors (Lipinski definition) is 4. The first kappa shape index (κ1) is 19.4. The number of halogens is 3. The van der Waals surface area contributed by atoms with Crippen LogP contribution in [0, 0.1) is 0 Å². The molecule has 0 bridgehead atoms. The van der Waals surface area contributed by atoms with E-state index < -0.39 is 18.0 Å². The van der Waals surface area contributed by atoms with Gasteiger partial charge in [0.1, 0.15) is 5.75 Å². The normalized spacial score (nSPS) is 11.1. The Morgan fingerprint density at radius 2 is 1.77 bits per heavy atom. The van der Waals surface area contributed by atoms with E-state index in [1.165, 1.54) is 0 Å². The lowest BCUT2D eigenvalue weighted by Crippen LogP contribution is -2.19. The third-order valence-corrected chi connectivity index (χ3v) is 3.27. The number of benzene rings is 2. The largest absolute Gasteiger partial charge is 0.573 e. The van der Waals surface area contributed by atoms with E-state index in [1.54, 1.807) is 30.3 Å². The number of alkyl halides is 3. The van der Waals surface area contributed by atoms with Gasteiger partial charge < -0.3 is 19.9 Å². The summed E-state index contributed by atoms with van der Waals surface area (Å²) >= 11 is 0. The van der Waals surface area contributed by atoms with Crippen molar-refractivity contribution in [2.24, 2.45) is 5.73 Å². The van der Waals surface area contributed by atoms with E-state index in [-0.39, 0.29) is 29.4 Å². The minimum absolute atomic E-state index is 0.0958. The van der Waals surface area contributed by atoms with E-state index in [1.807, 2.05) is 6.92 Å². The first-order valence-electron chi connectivity index (χ1n) is 7.90. The number of nitrogens with two attached hydrogens (primary N) is 1. The van der Waals surface area contributed by atoms with Gasteiger partial charge in [0.05, 0.1) is 12.2 Å². The molecule has 2 rings (SSSR count). The summed E-state index contributed by atoms with van der Waals surface area (Å²) in [5, 5.41) is 0. The van der Waals surface area contributed by atoms with Gasteiger partial charge in [-0.25, -0.2) is 0 Å². The van der Waals surface area contributed by atoms with Gasteiger partial charge in [-0.15, -0.1) is 13.2 Å². The van der Waals surface area contributed by atoms with Gasteiger partial charge in [0, 0.05) is 0 Å². The Bertz CT molecular complexity index is 748. The molecule has 0 fully saturated rings. The molecule has 0 saturated carbocycles. The first-order chi connectivity index (χ1) is 12.3. The highest BCUT2D eigenvalue weighted by Gasteiger charge is 2.34. The van der Waals surface area contributed by atoms with Crippen molar-refractivity contribution in [3.05, 3.63) is 48.0 Å². The zero-order valence-electron chi connectivity index (χ0n) is 14.0. The minimum Gasteiger partial charge on any atom is -0.489 e. The second kappa shape index (κ2) is 8.46. The first-order valence-corrected chi connectivity index (χ1v) is 7.90. The lowest BCUT2D eigenvalue weighted by atomic mass is 10.1. The van der Waals surface area contributed by atoms with Gasteiger partial charge in [-0.1, -0.05) is 31.5 Å². The summed E-state index contributed by atoms with van der Waals surface area (Å²) < 4.78 is 53.3. The van der Waals surface area contributed by atoms with E-state index in [9.17, 15) is 18.0 Å². The third-order valence-electron chi connectivity index (χ3n) is 3.27. The van der Waals surface area contributed by atoms with Crippen LogP contribution in [0.5, 0.6) is 23.0 Å². The van der Waals surface area contributed by atoms with Crippen LogP contribution in [0.1, 0.15) is 30.1 Å². The molecule has 0 aliphatic carbocycles. The van der Waals surface area contributed by atoms with Gasteiger partial charge >= 0.3 is 6.36 Å². The maximum atomic E-state index is 12.7. The van der Waals surface area contributed by atoms with Crippen LogP contribution in [0.2, 0.25) is 0 Å². The Labute approximate surface area is 148 Å². The van der Waals surface area contributed by atoms with Crippen LogP contribution >= 0.6 is 0 Å². The fourth-order valence-corrected chi connectivity index (χ4v) is 2.11. The topological polar surface area (TPSA) is 70.8 Å². The maximum absolute atomic E-state index is 12.7. The van der Waals surface area contributed by atoms with Crippen LogP contribution in [0.25, 0.3) is 0 Å². The maximum Gasteiger partial charge on any atom is 0.573 e. The molecule has 2 aromatic carbocycles. The number of carbonyl (C=O) groups excluding carboxylic acids is 1. The molecule has 0 atom stereocenters. The molecule has 5 nitrogen and oxygen atoms in total. The van der Waals surface area contributed by atoms with Crippen LogP contribution in [0.4, 0.5) is 13.2 Å². The van der Waals surface area contributed by atoms with Crippen molar-refractivity contribution in [2.75, 3.05) is 6.61 Å². The number of amides is 1. The van der Waals surface area contributed by atoms with Gasteiger partial charge in [-0.05, 0) is 30.7 Å². The van der Waals surface area contributed by atoms with Gasteiger partial charge in [0.15, 0.2) is 11.5 Å². The molecule has 0 spiro atoms. The van der Waals surface area contributed by atoms with Crippen molar-refractivity contribution < 1.29 is 32.2 Å². The van der Waals surface area contributed by atoms with E-state index in [0.29, 0.717) is 6.42 Å². The number of primary amides is 1. The lowest BCUT2D eigenvalue weighted by molar-refractivity contribution is -0.275. The molecule has 0 aliphatic heterocycles. The van der Waals surface area contributed by atoms with Gasteiger partial charge in [0.25, 0.3) is 5.91 Å². The highest BCUT2D eigenvalue weighted by molar-refractivity contribution is 5.97. The van der Waals surface area contributed by atoms with Crippen LogP contribution < -0.4 is 19.9 Å². The Hall–Kier alpha value is -2.90. The Balaban J connectivity index is 2.53. The summed E-state index contributed by atoms with van der Waals surface area (Å²) in [7, 11) is 0. The standard InChI is InChI=1S/C18H18F3NO4/c1-2-3-11-24-15-13(17(22)23)9-10-14(26-18(19,20)21)16(15)25-12-7-5-4-6-8-12/h4-10H,2-3,11H2,1H3,(H2,22,23). The second-order valence-electron chi connectivity index (χ2n) is 5.30. The molecular weight excluding hydrogens is 351 g/mol. The van der Waals surface area contributed by atoms with Crippen molar-refractivity contribution in [3.63, 3.8) is 0 Å². The SMILES string of the molecule is CCCCOc1c(C(N)=O)ccc(OC(F)(F)F)c1Oc1ccccc1. The smallest absolute Gasteiger partial charge is 0.489 e. The average molecular weight is 369 g/mol. The van der Waals surface area contributed by atoms with E-state index in [0.717, 1.165) is 18.6 Å². The zero-order chi connectivity index (χ0) is 19.2. The molecule has 1 amide bonds. The fourth-order valence-electron chi connectivity index (χ4n) is 2.11. The van der Waals surface area contributed by atoms with Gasteiger partial charge in [-0.2, -0.15) is 0 Å². The quantitative estimate of drug-likeness (QED) is 0.687. The van der Waals surface area contributed by atoms with Crippen LogP contribution in [-0.2, 0) is 0 Å². The third kappa shape index (κ3) is 5.30. The van der Waals surface area contributed by atoms with Crippen molar-refractivity contribution in [3.8, 4) is 23.0 Å². The predicted octanol–water partition coefficient (Wildman–Crippen LogP) is 4.66. The summed E-state index contributed by atoms with van der Waals surface area (Å²) in [5.41, 5.74) is 5.23. The molecule has 0 aromatic heterocycles. The average Bonchev–Trinajstić information content (AvgIpc) is 2.57. The van der Waals surface area contributed by atoms with Crippen LogP contribution in [0.15, 0.2) is 42.5 Å². The van der Waals surface area contributed by atoms with Crippen molar-refractivity contribution in [1.29, 1.82) is 0 Å². The number of hydrogen-bond donors (Lipinski definition) is 1. The van der Waals surface area contributed by atoms with Gasteiger partial charge in [-0.3, -0.25) is 4.79 Å². The zero-order valence-corrected chi connectivity index (χ0v) is 14.0. The molecular formula is C18H18F3NO4. The molecule has 2 aromatic rings. The molecule has 2 N–H and O–H groups in total. The van der Waals surface area contributed by atoms with Crippen LogP contribution in [-0.4, -0.2) is 18.9 Å². The van der Waals surface area contributed by atoms with E-state index in [4.69, 9.17) is 15.2 Å². The highest BCUT2D eigenvalue weighted by atomic mass is 19.4. The predicted molar refractivity (Wildman–Crippen MR) is 88.6 cm³/mol.